The van der Waals surface area contributed by atoms with Crippen LogP contribution in [-0.2, 0) is 0 Å². The number of nitrogens with two attached hydrogens (primary N) is 1. The molecule has 7 heteroatoms. The van der Waals surface area contributed by atoms with Gasteiger partial charge in [0.1, 0.15) is 5.75 Å². The number of hydrogen-bond acceptors (Lipinski definition) is 5. The lowest BCUT2D eigenvalue weighted by molar-refractivity contribution is 0.318. The Bertz CT molecular complexity index is 572. The highest BCUT2D eigenvalue weighted by atomic mass is 35.5. The standard InChI is InChI=1S/C11H9ClN4O2/c12-7-1-3-8(4-2-7)18-11-9(10(13)16-17)5-6-14-15-11/h1-6,17H,(H2,13,16). The van der Waals surface area contributed by atoms with Gasteiger partial charge in [0.15, 0.2) is 5.84 Å². The predicted molar refractivity (Wildman–Crippen MR) is 66.1 cm³/mol. The fourth-order valence-electron chi connectivity index (χ4n) is 1.26. The van der Waals surface area contributed by atoms with Gasteiger partial charge in [-0.25, -0.2) is 0 Å². The molecule has 3 N–H and O–H groups in total. The Morgan fingerprint density at radius 3 is 2.67 bits per heavy atom. The van der Waals surface area contributed by atoms with E-state index in [9.17, 15) is 0 Å². The molecule has 0 spiro atoms. The summed E-state index contributed by atoms with van der Waals surface area (Å²) in [6.07, 6.45) is 1.42. The molecule has 0 saturated carbocycles. The van der Waals surface area contributed by atoms with Gasteiger partial charge in [0.05, 0.1) is 11.8 Å². The SMILES string of the molecule is N/C(=N/O)c1ccnnc1Oc1ccc(Cl)cc1. The molecule has 0 unspecified atom stereocenters. The second-order valence-electron chi connectivity index (χ2n) is 3.29. The highest BCUT2D eigenvalue weighted by molar-refractivity contribution is 6.30. The van der Waals surface area contributed by atoms with Gasteiger partial charge in [-0.15, -0.1) is 5.10 Å². The first-order valence-corrected chi connectivity index (χ1v) is 5.31. The van der Waals surface area contributed by atoms with Crippen LogP contribution in [0.1, 0.15) is 5.56 Å². The number of rotatable bonds is 3. The second kappa shape index (κ2) is 5.33. The van der Waals surface area contributed by atoms with Crippen molar-refractivity contribution in [3.05, 3.63) is 47.1 Å². The Morgan fingerprint density at radius 1 is 1.28 bits per heavy atom. The Labute approximate surface area is 108 Å². The third-order valence-electron chi connectivity index (χ3n) is 2.10. The summed E-state index contributed by atoms with van der Waals surface area (Å²) in [6, 6.07) is 8.24. The first-order chi connectivity index (χ1) is 8.70. The fourth-order valence-corrected chi connectivity index (χ4v) is 1.38. The summed E-state index contributed by atoms with van der Waals surface area (Å²) in [5, 5.41) is 19.6. The van der Waals surface area contributed by atoms with Crippen LogP contribution in [0.3, 0.4) is 0 Å². The third kappa shape index (κ3) is 2.67. The number of benzene rings is 1. The topological polar surface area (TPSA) is 93.6 Å². The van der Waals surface area contributed by atoms with Gasteiger partial charge in [-0.05, 0) is 30.3 Å². The van der Waals surface area contributed by atoms with E-state index >= 15 is 0 Å². The number of halogens is 1. The summed E-state index contributed by atoms with van der Waals surface area (Å²) < 4.78 is 5.48. The monoisotopic (exact) mass is 264 g/mol. The molecular formula is C11H9ClN4O2. The average molecular weight is 265 g/mol. The van der Waals surface area contributed by atoms with Crippen LogP contribution in [0.2, 0.25) is 5.02 Å². The lowest BCUT2D eigenvalue weighted by Gasteiger charge is -2.07. The smallest absolute Gasteiger partial charge is 0.250 e. The lowest BCUT2D eigenvalue weighted by Crippen LogP contribution is -2.15. The molecule has 0 radical (unpaired) electrons. The maximum atomic E-state index is 8.66. The van der Waals surface area contributed by atoms with Crippen molar-refractivity contribution in [3.8, 4) is 11.6 Å². The Kier molecular flexibility index (Phi) is 3.59. The number of aromatic nitrogens is 2. The van der Waals surface area contributed by atoms with Crippen molar-refractivity contribution >= 4 is 17.4 Å². The Hall–Kier alpha value is -2.34. The minimum Gasteiger partial charge on any atom is -0.437 e. The summed E-state index contributed by atoms with van der Waals surface area (Å²) >= 11 is 5.76. The van der Waals surface area contributed by atoms with Crippen LogP contribution in [0.5, 0.6) is 11.6 Å². The molecule has 0 aliphatic carbocycles. The Morgan fingerprint density at radius 2 is 2.00 bits per heavy atom. The minimum atomic E-state index is -0.103. The molecule has 6 nitrogen and oxygen atoms in total. The zero-order valence-corrected chi connectivity index (χ0v) is 9.87. The lowest BCUT2D eigenvalue weighted by atomic mass is 10.3. The summed E-state index contributed by atoms with van der Waals surface area (Å²) in [6.45, 7) is 0. The second-order valence-corrected chi connectivity index (χ2v) is 3.73. The van der Waals surface area contributed by atoms with E-state index in [1.807, 2.05) is 0 Å². The highest BCUT2D eigenvalue weighted by Gasteiger charge is 2.10. The molecule has 1 heterocycles. The zero-order valence-electron chi connectivity index (χ0n) is 9.12. The molecular weight excluding hydrogens is 256 g/mol. The van der Waals surface area contributed by atoms with Crippen LogP contribution >= 0.6 is 11.6 Å². The van der Waals surface area contributed by atoms with Gasteiger partial charge in [-0.1, -0.05) is 16.8 Å². The first kappa shape index (κ1) is 12.1. The van der Waals surface area contributed by atoms with E-state index in [-0.39, 0.29) is 11.7 Å². The quantitative estimate of drug-likeness (QED) is 0.383. The van der Waals surface area contributed by atoms with Crippen LogP contribution < -0.4 is 10.5 Å². The molecule has 0 fully saturated rings. The van der Waals surface area contributed by atoms with Crippen molar-refractivity contribution in [2.75, 3.05) is 0 Å². The van der Waals surface area contributed by atoms with E-state index in [2.05, 4.69) is 15.4 Å². The van der Waals surface area contributed by atoms with Gasteiger partial charge < -0.3 is 15.7 Å². The normalized spacial score (nSPS) is 11.3. The van der Waals surface area contributed by atoms with Crippen LogP contribution in [0, 0.1) is 0 Å². The molecule has 0 bridgehead atoms. The van der Waals surface area contributed by atoms with Gasteiger partial charge in [-0.3, -0.25) is 0 Å². The van der Waals surface area contributed by atoms with Gasteiger partial charge in [0.25, 0.3) is 0 Å². The van der Waals surface area contributed by atoms with Crippen molar-refractivity contribution < 1.29 is 9.94 Å². The average Bonchev–Trinajstić information content (AvgIpc) is 2.41. The number of amidine groups is 1. The van der Waals surface area contributed by atoms with Gasteiger partial charge in [0, 0.05) is 5.02 Å². The third-order valence-corrected chi connectivity index (χ3v) is 2.35. The predicted octanol–water partition coefficient (Wildman–Crippen LogP) is 2.02. The van der Waals surface area contributed by atoms with Gasteiger partial charge >= 0.3 is 0 Å². The number of oxime groups is 1. The largest absolute Gasteiger partial charge is 0.437 e. The molecule has 2 rings (SSSR count). The van der Waals surface area contributed by atoms with E-state index in [1.165, 1.54) is 12.3 Å². The maximum absolute atomic E-state index is 8.66. The summed E-state index contributed by atoms with van der Waals surface area (Å²) in [7, 11) is 0. The molecule has 0 atom stereocenters. The molecule has 0 aliphatic rings. The Balaban J connectivity index is 2.32. The van der Waals surface area contributed by atoms with E-state index < -0.39 is 0 Å². The number of hydrogen-bond donors (Lipinski definition) is 2. The molecule has 0 aliphatic heterocycles. The molecule has 1 aromatic carbocycles. The van der Waals surface area contributed by atoms with Crippen molar-refractivity contribution in [3.63, 3.8) is 0 Å². The van der Waals surface area contributed by atoms with Gasteiger partial charge in [-0.2, -0.15) is 5.10 Å². The first-order valence-electron chi connectivity index (χ1n) is 4.93. The van der Waals surface area contributed by atoms with Crippen LogP contribution in [0.25, 0.3) is 0 Å². The van der Waals surface area contributed by atoms with Crippen LogP contribution in [0.4, 0.5) is 0 Å². The van der Waals surface area contributed by atoms with E-state index in [0.717, 1.165) is 0 Å². The molecule has 18 heavy (non-hydrogen) atoms. The molecule has 1 aromatic heterocycles. The fraction of sp³-hybridized carbons (Fsp3) is 0. The molecule has 92 valence electrons. The summed E-state index contributed by atoms with van der Waals surface area (Å²) in [4.78, 5) is 0. The highest BCUT2D eigenvalue weighted by Crippen LogP contribution is 2.23. The summed E-state index contributed by atoms with van der Waals surface area (Å²) in [5.74, 6) is 0.566. The minimum absolute atomic E-state index is 0.103. The van der Waals surface area contributed by atoms with E-state index in [4.69, 9.17) is 27.3 Å². The number of ether oxygens (including phenoxy) is 1. The molecule has 2 aromatic rings. The van der Waals surface area contributed by atoms with Crippen molar-refractivity contribution in [2.24, 2.45) is 10.9 Å². The summed E-state index contributed by atoms with van der Waals surface area (Å²) in [5.41, 5.74) is 5.85. The molecule has 0 saturated heterocycles. The zero-order chi connectivity index (χ0) is 13.0. The van der Waals surface area contributed by atoms with E-state index in [0.29, 0.717) is 16.3 Å². The molecule has 0 amide bonds. The van der Waals surface area contributed by atoms with Gasteiger partial charge in [0.2, 0.25) is 5.88 Å². The van der Waals surface area contributed by atoms with Crippen molar-refractivity contribution in [1.29, 1.82) is 0 Å². The van der Waals surface area contributed by atoms with Crippen molar-refractivity contribution in [2.45, 2.75) is 0 Å². The van der Waals surface area contributed by atoms with E-state index in [1.54, 1.807) is 24.3 Å². The number of nitrogens with zero attached hydrogens (tertiary/aromatic N) is 3. The van der Waals surface area contributed by atoms with Crippen LogP contribution in [-0.4, -0.2) is 21.2 Å². The van der Waals surface area contributed by atoms with Crippen molar-refractivity contribution in [1.82, 2.24) is 10.2 Å². The maximum Gasteiger partial charge on any atom is 0.250 e. The van der Waals surface area contributed by atoms with Crippen LogP contribution in [0.15, 0.2) is 41.7 Å².